The van der Waals surface area contributed by atoms with Crippen LogP contribution < -0.4 is 10.9 Å². The summed E-state index contributed by atoms with van der Waals surface area (Å²) in [5.41, 5.74) is 7.66. The minimum atomic E-state index is -0.323. The molecular weight excluding hydrogens is 388 g/mol. The first-order chi connectivity index (χ1) is 11.5. The average Bonchev–Trinajstić information content (AvgIpc) is 2.59. The molecule has 0 saturated heterocycles. The number of hydrogen-bond acceptors (Lipinski definition) is 3. The van der Waals surface area contributed by atoms with Crippen LogP contribution in [-0.4, -0.2) is 17.6 Å². The van der Waals surface area contributed by atoms with Crippen LogP contribution in [0.5, 0.6) is 0 Å². The van der Waals surface area contributed by atoms with Gasteiger partial charge in [0.1, 0.15) is 0 Å². The van der Waals surface area contributed by atoms with Gasteiger partial charge in [0.05, 0.1) is 5.75 Å². The summed E-state index contributed by atoms with van der Waals surface area (Å²) in [6, 6.07) is 13.2. The Morgan fingerprint density at radius 2 is 1.79 bits per heavy atom. The van der Waals surface area contributed by atoms with E-state index in [2.05, 4.69) is 33.7 Å². The SMILES string of the molecule is CCc1ccc(C(=O)NNC(=O)CSc2ccc(Br)cc2C)cc1. The lowest BCUT2D eigenvalue weighted by Gasteiger charge is -2.09. The van der Waals surface area contributed by atoms with Crippen molar-refractivity contribution in [2.45, 2.75) is 25.2 Å². The van der Waals surface area contributed by atoms with Crippen LogP contribution in [0.4, 0.5) is 0 Å². The standard InChI is InChI=1S/C18H19BrN2O2S/c1-3-13-4-6-14(7-5-13)18(23)21-20-17(22)11-24-16-9-8-15(19)10-12(16)2/h4-10H,3,11H2,1-2H3,(H,20,22)(H,21,23). The largest absolute Gasteiger partial charge is 0.272 e. The molecule has 0 unspecified atom stereocenters. The normalized spacial score (nSPS) is 10.3. The number of aryl methyl sites for hydroxylation is 2. The lowest BCUT2D eigenvalue weighted by Crippen LogP contribution is -2.42. The highest BCUT2D eigenvalue weighted by Crippen LogP contribution is 2.24. The molecule has 0 atom stereocenters. The molecule has 0 aromatic heterocycles. The van der Waals surface area contributed by atoms with Crippen molar-refractivity contribution in [3.8, 4) is 0 Å². The van der Waals surface area contributed by atoms with Crippen LogP contribution in [-0.2, 0) is 11.2 Å². The molecule has 2 aromatic carbocycles. The second-order valence-electron chi connectivity index (χ2n) is 5.25. The number of rotatable bonds is 5. The molecule has 6 heteroatoms. The zero-order valence-electron chi connectivity index (χ0n) is 13.6. The molecule has 0 aliphatic carbocycles. The molecule has 0 aliphatic heterocycles. The Kier molecular flexibility index (Phi) is 6.87. The number of carbonyl (C=O) groups is 2. The van der Waals surface area contributed by atoms with Crippen molar-refractivity contribution < 1.29 is 9.59 Å². The van der Waals surface area contributed by atoms with E-state index >= 15 is 0 Å². The maximum absolute atomic E-state index is 12.0. The number of hydrogen-bond donors (Lipinski definition) is 2. The molecule has 2 amide bonds. The van der Waals surface area contributed by atoms with Crippen LogP contribution in [0.15, 0.2) is 51.8 Å². The van der Waals surface area contributed by atoms with E-state index in [-0.39, 0.29) is 17.6 Å². The van der Waals surface area contributed by atoms with Gasteiger partial charge in [0.15, 0.2) is 0 Å². The molecule has 4 nitrogen and oxygen atoms in total. The Bertz CT molecular complexity index is 732. The predicted octanol–water partition coefficient (Wildman–Crippen LogP) is 3.87. The van der Waals surface area contributed by atoms with Crippen molar-refractivity contribution >= 4 is 39.5 Å². The van der Waals surface area contributed by atoms with Crippen LogP contribution in [0.25, 0.3) is 0 Å². The van der Waals surface area contributed by atoms with E-state index < -0.39 is 0 Å². The van der Waals surface area contributed by atoms with Crippen molar-refractivity contribution in [1.29, 1.82) is 0 Å². The molecule has 2 rings (SSSR count). The molecule has 126 valence electrons. The van der Waals surface area contributed by atoms with Crippen molar-refractivity contribution in [3.63, 3.8) is 0 Å². The van der Waals surface area contributed by atoms with Gasteiger partial charge in [-0.2, -0.15) is 0 Å². The molecule has 0 bridgehead atoms. The van der Waals surface area contributed by atoms with E-state index in [0.717, 1.165) is 26.9 Å². The van der Waals surface area contributed by atoms with Crippen LogP contribution in [0.3, 0.4) is 0 Å². The summed E-state index contributed by atoms with van der Waals surface area (Å²) in [7, 11) is 0. The fourth-order valence-electron chi connectivity index (χ4n) is 2.04. The molecule has 0 heterocycles. The quantitative estimate of drug-likeness (QED) is 0.585. The third-order valence-electron chi connectivity index (χ3n) is 3.44. The lowest BCUT2D eigenvalue weighted by molar-refractivity contribution is -0.119. The maximum Gasteiger partial charge on any atom is 0.269 e. The number of thioether (sulfide) groups is 1. The van der Waals surface area contributed by atoms with E-state index in [1.807, 2.05) is 37.3 Å². The highest BCUT2D eigenvalue weighted by atomic mass is 79.9. The second-order valence-corrected chi connectivity index (χ2v) is 7.18. The number of amides is 2. The molecule has 0 radical (unpaired) electrons. The first-order valence-electron chi connectivity index (χ1n) is 7.56. The maximum atomic E-state index is 12.0. The average molecular weight is 407 g/mol. The van der Waals surface area contributed by atoms with Gasteiger partial charge in [-0.15, -0.1) is 11.8 Å². The minimum Gasteiger partial charge on any atom is -0.272 e. The predicted molar refractivity (Wildman–Crippen MR) is 101 cm³/mol. The Balaban J connectivity index is 1.80. The number of nitrogens with one attached hydrogen (secondary N) is 2. The van der Waals surface area contributed by atoms with Crippen molar-refractivity contribution in [2.75, 3.05) is 5.75 Å². The third kappa shape index (κ3) is 5.39. The van der Waals surface area contributed by atoms with Gasteiger partial charge >= 0.3 is 0 Å². The van der Waals surface area contributed by atoms with Gasteiger partial charge < -0.3 is 0 Å². The molecule has 0 spiro atoms. The smallest absolute Gasteiger partial charge is 0.269 e. The fourth-order valence-corrected chi connectivity index (χ4v) is 3.33. The van der Waals surface area contributed by atoms with Crippen LogP contribution in [0.2, 0.25) is 0 Å². The van der Waals surface area contributed by atoms with Gasteiger partial charge in [0.25, 0.3) is 5.91 Å². The van der Waals surface area contributed by atoms with Gasteiger partial charge in [-0.05, 0) is 54.8 Å². The first kappa shape index (κ1) is 18.5. The molecule has 0 saturated carbocycles. The Hall–Kier alpha value is -1.79. The Labute approximate surface area is 154 Å². The summed E-state index contributed by atoms with van der Waals surface area (Å²) < 4.78 is 1.01. The van der Waals surface area contributed by atoms with E-state index in [9.17, 15) is 9.59 Å². The van der Waals surface area contributed by atoms with Crippen molar-refractivity contribution in [3.05, 3.63) is 63.6 Å². The minimum absolute atomic E-state index is 0.234. The zero-order chi connectivity index (χ0) is 17.5. The van der Waals surface area contributed by atoms with E-state index in [0.29, 0.717) is 5.56 Å². The Morgan fingerprint density at radius 1 is 1.08 bits per heavy atom. The van der Waals surface area contributed by atoms with Gasteiger partial charge in [-0.25, -0.2) is 0 Å². The third-order valence-corrected chi connectivity index (χ3v) is 5.10. The molecule has 0 aliphatic rings. The van der Waals surface area contributed by atoms with E-state index in [1.54, 1.807) is 12.1 Å². The molecular formula is C18H19BrN2O2S. The summed E-state index contributed by atoms with van der Waals surface area (Å²) in [6.45, 7) is 4.05. The summed E-state index contributed by atoms with van der Waals surface area (Å²) in [6.07, 6.45) is 0.922. The molecule has 2 aromatic rings. The molecule has 0 fully saturated rings. The number of carbonyl (C=O) groups excluding carboxylic acids is 2. The lowest BCUT2D eigenvalue weighted by atomic mass is 10.1. The van der Waals surface area contributed by atoms with Crippen molar-refractivity contribution in [1.82, 2.24) is 10.9 Å². The molecule has 24 heavy (non-hydrogen) atoms. The summed E-state index contributed by atoms with van der Waals surface area (Å²) >= 11 is 4.84. The van der Waals surface area contributed by atoms with Gasteiger partial charge in [-0.3, -0.25) is 20.4 Å². The van der Waals surface area contributed by atoms with E-state index in [4.69, 9.17) is 0 Å². The van der Waals surface area contributed by atoms with Gasteiger partial charge in [0, 0.05) is 14.9 Å². The Morgan fingerprint density at radius 3 is 2.42 bits per heavy atom. The summed E-state index contributed by atoms with van der Waals surface area (Å²) in [5, 5.41) is 0. The monoisotopic (exact) mass is 406 g/mol. The highest BCUT2D eigenvalue weighted by molar-refractivity contribution is 9.10. The fraction of sp³-hybridized carbons (Fsp3) is 0.222. The number of halogens is 1. The van der Waals surface area contributed by atoms with Gasteiger partial charge in [-0.1, -0.05) is 35.0 Å². The zero-order valence-corrected chi connectivity index (χ0v) is 16.0. The van der Waals surface area contributed by atoms with Crippen LogP contribution >= 0.6 is 27.7 Å². The van der Waals surface area contributed by atoms with E-state index in [1.165, 1.54) is 11.8 Å². The number of benzene rings is 2. The van der Waals surface area contributed by atoms with Crippen LogP contribution in [0, 0.1) is 6.92 Å². The second kappa shape index (κ2) is 8.89. The molecule has 2 N–H and O–H groups in total. The van der Waals surface area contributed by atoms with Crippen molar-refractivity contribution in [2.24, 2.45) is 0 Å². The van der Waals surface area contributed by atoms with Gasteiger partial charge in [0.2, 0.25) is 5.91 Å². The summed E-state index contributed by atoms with van der Waals surface area (Å²) in [5.74, 6) is -0.339. The highest BCUT2D eigenvalue weighted by Gasteiger charge is 2.08. The van der Waals surface area contributed by atoms with Crippen LogP contribution in [0.1, 0.15) is 28.4 Å². The number of hydrazine groups is 1. The summed E-state index contributed by atoms with van der Waals surface area (Å²) in [4.78, 5) is 24.9. The topological polar surface area (TPSA) is 58.2 Å². The first-order valence-corrected chi connectivity index (χ1v) is 9.34.